The van der Waals surface area contributed by atoms with E-state index in [0.29, 0.717) is 35.4 Å². The van der Waals surface area contributed by atoms with E-state index in [9.17, 15) is 29.4 Å². The highest BCUT2D eigenvalue weighted by atomic mass is 16.5. The molecule has 1 atom stereocenters. The fourth-order valence-electron chi connectivity index (χ4n) is 5.27. The fraction of sp³-hybridized carbons (Fsp3) is 0.214. The molecule has 0 bridgehead atoms. The monoisotopic (exact) mass is 556 g/mol. The molecule has 3 heterocycles. The summed E-state index contributed by atoms with van der Waals surface area (Å²) in [6.45, 7) is 1.79. The van der Waals surface area contributed by atoms with Crippen molar-refractivity contribution in [3.8, 4) is 11.6 Å². The lowest BCUT2D eigenvalue weighted by atomic mass is 9.98. The van der Waals surface area contributed by atoms with Crippen LogP contribution in [0, 0.1) is 6.92 Å². The average Bonchev–Trinajstić information content (AvgIpc) is 3.54. The summed E-state index contributed by atoms with van der Waals surface area (Å²) >= 11 is 0. The summed E-state index contributed by atoms with van der Waals surface area (Å²) in [5, 5.41) is 28.2. The number of aromatic carboxylic acids is 1. The number of carboxylic acid groups (broad SMARTS) is 1. The second-order valence-electron chi connectivity index (χ2n) is 9.80. The number of fused-ring (bicyclic) bond motifs is 3. The van der Waals surface area contributed by atoms with E-state index in [1.165, 1.54) is 12.1 Å². The van der Waals surface area contributed by atoms with Crippen LogP contribution in [0.25, 0.3) is 5.78 Å². The number of hydrogen-bond donors (Lipinski definition) is 5. The van der Waals surface area contributed by atoms with Crippen molar-refractivity contribution >= 4 is 35.2 Å². The van der Waals surface area contributed by atoms with Crippen LogP contribution < -0.4 is 20.7 Å². The third-order valence-corrected chi connectivity index (χ3v) is 7.28. The number of aromatic hydroxyl groups is 1. The van der Waals surface area contributed by atoms with E-state index in [-0.39, 0.29) is 47.7 Å². The predicted molar refractivity (Wildman–Crippen MR) is 143 cm³/mol. The normalized spacial score (nSPS) is 15.4. The lowest BCUT2D eigenvalue weighted by Crippen LogP contribution is -2.30. The van der Waals surface area contributed by atoms with Gasteiger partial charge in [0.05, 0.1) is 23.5 Å². The lowest BCUT2D eigenvalue weighted by Gasteiger charge is -2.18. The molecule has 2 aromatic heterocycles. The van der Waals surface area contributed by atoms with Crippen molar-refractivity contribution in [1.82, 2.24) is 25.0 Å². The zero-order valence-electron chi connectivity index (χ0n) is 21.7. The summed E-state index contributed by atoms with van der Waals surface area (Å²) in [5.41, 5.74) is 3.66. The van der Waals surface area contributed by atoms with Crippen molar-refractivity contribution in [2.45, 2.75) is 32.4 Å². The third-order valence-electron chi connectivity index (χ3n) is 7.28. The Bertz CT molecular complexity index is 1780. The molecule has 0 fully saturated rings. The Morgan fingerprint density at radius 2 is 2.00 bits per heavy atom. The van der Waals surface area contributed by atoms with Gasteiger partial charge in [0.15, 0.2) is 6.61 Å². The van der Waals surface area contributed by atoms with E-state index in [0.717, 1.165) is 21.7 Å². The summed E-state index contributed by atoms with van der Waals surface area (Å²) in [7, 11) is 0. The molecule has 5 N–H and O–H groups in total. The largest absolute Gasteiger partial charge is 0.493 e. The van der Waals surface area contributed by atoms with Crippen molar-refractivity contribution in [2.24, 2.45) is 0 Å². The van der Waals surface area contributed by atoms with Crippen molar-refractivity contribution in [3.05, 3.63) is 81.8 Å². The quantitative estimate of drug-likeness (QED) is 0.237. The molecular weight excluding hydrogens is 532 g/mol. The summed E-state index contributed by atoms with van der Waals surface area (Å²) in [6.07, 6.45) is 2.29. The first-order valence-corrected chi connectivity index (χ1v) is 12.8. The number of hydrogen-bond acceptors (Lipinski definition) is 8. The van der Waals surface area contributed by atoms with Gasteiger partial charge in [-0.1, -0.05) is 12.1 Å². The van der Waals surface area contributed by atoms with E-state index in [4.69, 9.17) is 4.74 Å². The second kappa shape index (κ2) is 9.93. The minimum Gasteiger partial charge on any atom is -0.493 e. The number of anilines is 1. The van der Waals surface area contributed by atoms with Crippen molar-refractivity contribution in [3.63, 3.8) is 0 Å². The van der Waals surface area contributed by atoms with Gasteiger partial charge >= 0.3 is 5.97 Å². The first-order chi connectivity index (χ1) is 19.7. The zero-order chi connectivity index (χ0) is 28.8. The van der Waals surface area contributed by atoms with Gasteiger partial charge in [-0.25, -0.2) is 19.2 Å². The maximum absolute atomic E-state index is 13.5. The van der Waals surface area contributed by atoms with Crippen LogP contribution in [0.5, 0.6) is 11.6 Å². The fourth-order valence-corrected chi connectivity index (χ4v) is 5.27. The summed E-state index contributed by atoms with van der Waals surface area (Å²) < 4.78 is 6.50. The summed E-state index contributed by atoms with van der Waals surface area (Å²) in [5.74, 6) is -2.26. The molecule has 2 aromatic carbocycles. The number of carboxylic acids is 1. The van der Waals surface area contributed by atoms with Crippen LogP contribution in [0.2, 0.25) is 0 Å². The van der Waals surface area contributed by atoms with Crippen molar-refractivity contribution < 1.29 is 34.1 Å². The molecule has 1 aliphatic carbocycles. The topological polar surface area (TPSA) is 184 Å². The maximum atomic E-state index is 13.5. The van der Waals surface area contributed by atoms with E-state index in [1.807, 2.05) is 0 Å². The van der Waals surface area contributed by atoms with Gasteiger partial charge in [0.25, 0.3) is 17.7 Å². The van der Waals surface area contributed by atoms with Crippen LogP contribution in [0.1, 0.15) is 66.1 Å². The van der Waals surface area contributed by atoms with E-state index >= 15 is 0 Å². The summed E-state index contributed by atoms with van der Waals surface area (Å²) in [4.78, 5) is 57.9. The van der Waals surface area contributed by atoms with Crippen molar-refractivity contribution in [2.75, 3.05) is 11.9 Å². The number of aromatic nitrogens is 3. The number of amides is 3. The molecule has 6 rings (SSSR count). The average molecular weight is 557 g/mol. The Labute approximate surface area is 232 Å². The Hall–Kier alpha value is -5.46. The number of nitrogens with zero attached hydrogens (tertiary/aromatic N) is 3. The molecule has 0 radical (unpaired) electrons. The van der Waals surface area contributed by atoms with Crippen LogP contribution in [-0.2, 0) is 17.8 Å². The molecule has 208 valence electrons. The van der Waals surface area contributed by atoms with Crippen LogP contribution in [-0.4, -0.2) is 54.9 Å². The first kappa shape index (κ1) is 25.8. The van der Waals surface area contributed by atoms with Gasteiger partial charge in [-0.05, 0) is 66.3 Å². The van der Waals surface area contributed by atoms with Gasteiger partial charge in [-0.15, -0.1) is 0 Å². The standard InChI is InChI=1S/C28H24N6O7/c1-13-15-5-6-18(17(15)4-3-16(13)27(39)40)32-26(38)21-9-20(33-28-30-11-24(36)34(21)28)25(37)29-10-14-2-7-22-19(8-14)31-23(35)12-41-22/h2-4,7-9,11,18,36H,5-6,10,12H2,1H3,(H,29,37)(H,31,35)(H,32,38)(H,39,40)/t18-/m0/s1. The molecule has 13 heteroatoms. The Morgan fingerprint density at radius 1 is 1.17 bits per heavy atom. The molecule has 0 spiro atoms. The lowest BCUT2D eigenvalue weighted by molar-refractivity contribution is -0.118. The molecule has 13 nitrogen and oxygen atoms in total. The third kappa shape index (κ3) is 4.67. The predicted octanol–water partition coefficient (Wildman–Crippen LogP) is 2.12. The molecule has 0 saturated carbocycles. The Balaban J connectivity index is 1.23. The Morgan fingerprint density at radius 3 is 2.80 bits per heavy atom. The molecule has 0 unspecified atom stereocenters. The molecule has 41 heavy (non-hydrogen) atoms. The second-order valence-corrected chi connectivity index (χ2v) is 9.80. The number of carbonyl (C=O) groups excluding carboxylic acids is 3. The van der Waals surface area contributed by atoms with Crippen LogP contribution >= 0.6 is 0 Å². The number of benzene rings is 2. The molecule has 0 saturated heterocycles. The number of imidazole rings is 1. The minimum atomic E-state index is -1.01. The SMILES string of the molecule is Cc1c(C(=O)O)ccc2c1CC[C@@H]2NC(=O)c1cc(C(=O)NCc2ccc3c(c2)NC(=O)CO3)nc2ncc(O)n12. The first-order valence-electron chi connectivity index (χ1n) is 12.8. The number of nitrogens with one attached hydrogen (secondary N) is 3. The number of carbonyl (C=O) groups is 4. The molecule has 2 aliphatic rings. The van der Waals surface area contributed by atoms with Gasteiger partial charge in [0.1, 0.15) is 17.1 Å². The summed E-state index contributed by atoms with van der Waals surface area (Å²) in [6, 6.07) is 9.25. The minimum absolute atomic E-state index is 0.0392. The molecule has 3 amide bonds. The molecular formula is C28H24N6O7. The zero-order valence-corrected chi connectivity index (χ0v) is 21.7. The van der Waals surface area contributed by atoms with Gasteiger partial charge in [0.2, 0.25) is 11.7 Å². The van der Waals surface area contributed by atoms with Gasteiger partial charge < -0.3 is 30.9 Å². The van der Waals surface area contributed by atoms with Gasteiger partial charge in [0, 0.05) is 6.54 Å². The smallest absolute Gasteiger partial charge is 0.335 e. The van der Waals surface area contributed by atoms with Crippen LogP contribution in [0.4, 0.5) is 5.69 Å². The van der Waals surface area contributed by atoms with E-state index in [1.54, 1.807) is 31.2 Å². The van der Waals surface area contributed by atoms with Crippen LogP contribution in [0.3, 0.4) is 0 Å². The van der Waals surface area contributed by atoms with E-state index < -0.39 is 23.8 Å². The maximum Gasteiger partial charge on any atom is 0.335 e. The van der Waals surface area contributed by atoms with Crippen molar-refractivity contribution in [1.29, 1.82) is 0 Å². The number of rotatable bonds is 6. The molecule has 4 aromatic rings. The van der Waals surface area contributed by atoms with Gasteiger partial charge in [-0.2, -0.15) is 0 Å². The van der Waals surface area contributed by atoms with E-state index in [2.05, 4.69) is 25.9 Å². The van der Waals surface area contributed by atoms with Gasteiger partial charge in [-0.3, -0.25) is 14.4 Å². The molecule has 1 aliphatic heterocycles. The highest BCUT2D eigenvalue weighted by molar-refractivity contribution is 5.99. The highest BCUT2D eigenvalue weighted by Crippen LogP contribution is 2.35. The van der Waals surface area contributed by atoms with Crippen LogP contribution in [0.15, 0.2) is 42.6 Å². The highest BCUT2D eigenvalue weighted by Gasteiger charge is 2.29. The number of ether oxygens (including phenoxy) is 1. The Kier molecular flexibility index (Phi) is 6.25.